The van der Waals surface area contributed by atoms with E-state index in [0.717, 1.165) is 12.1 Å². The smallest absolute Gasteiger partial charge is 0.232 e. The third-order valence-corrected chi connectivity index (χ3v) is 4.17. The van der Waals surface area contributed by atoms with Crippen LogP contribution in [0.4, 0.5) is 17.6 Å². The number of anilines is 3. The zero-order chi connectivity index (χ0) is 19.1. The molecule has 3 aromatic rings. The molecule has 4 N–H and O–H groups in total. The summed E-state index contributed by atoms with van der Waals surface area (Å²) in [6, 6.07) is 18.1. The van der Waals surface area contributed by atoms with Crippen LogP contribution in [0.3, 0.4) is 0 Å². The Kier molecular flexibility index (Phi) is 6.17. The monoisotopic (exact) mass is 364 g/mol. The second-order valence-electron chi connectivity index (χ2n) is 6.01. The van der Waals surface area contributed by atoms with E-state index in [4.69, 9.17) is 10.5 Å². The summed E-state index contributed by atoms with van der Waals surface area (Å²) in [6.07, 6.45) is 0.955. The molecule has 1 aromatic heterocycles. The highest BCUT2D eigenvalue weighted by Gasteiger charge is 2.11. The Bertz CT molecular complexity index is 871. The van der Waals surface area contributed by atoms with Crippen LogP contribution in [-0.2, 0) is 6.54 Å². The lowest BCUT2D eigenvalue weighted by Gasteiger charge is -2.17. The molecule has 0 aliphatic rings. The first-order chi connectivity index (χ1) is 13.2. The number of rotatable bonds is 8. The minimum absolute atomic E-state index is 0.173. The van der Waals surface area contributed by atoms with E-state index in [1.807, 2.05) is 42.5 Å². The van der Waals surface area contributed by atoms with Gasteiger partial charge in [0.1, 0.15) is 11.6 Å². The summed E-state index contributed by atoms with van der Waals surface area (Å²) in [7, 11) is 1.62. The van der Waals surface area contributed by atoms with Crippen LogP contribution >= 0.6 is 0 Å². The van der Waals surface area contributed by atoms with Crippen LogP contribution in [0, 0.1) is 0 Å². The number of aromatic nitrogens is 3. The van der Waals surface area contributed by atoms with E-state index >= 15 is 0 Å². The summed E-state index contributed by atoms with van der Waals surface area (Å²) in [4.78, 5) is 12.9. The quantitative estimate of drug-likeness (QED) is 0.563. The maximum atomic E-state index is 5.87. The number of nitrogens with one attached hydrogen (secondary N) is 2. The van der Waals surface area contributed by atoms with Gasteiger partial charge in [-0.05, 0) is 24.1 Å². The van der Waals surface area contributed by atoms with Gasteiger partial charge >= 0.3 is 0 Å². The van der Waals surface area contributed by atoms with E-state index in [2.05, 4.69) is 44.6 Å². The molecular weight excluding hydrogens is 340 g/mol. The van der Waals surface area contributed by atoms with Crippen molar-refractivity contribution in [1.29, 1.82) is 0 Å². The van der Waals surface area contributed by atoms with Gasteiger partial charge < -0.3 is 21.1 Å². The molecule has 0 unspecified atom stereocenters. The average molecular weight is 364 g/mol. The first kappa shape index (κ1) is 18.6. The molecule has 3 rings (SSSR count). The molecule has 7 nitrogen and oxygen atoms in total. The van der Waals surface area contributed by atoms with Gasteiger partial charge in [0.15, 0.2) is 0 Å². The minimum atomic E-state index is 0.173. The molecule has 0 saturated heterocycles. The number of para-hydroxylation sites is 2. The topological polar surface area (TPSA) is 98.0 Å². The Hall–Kier alpha value is -3.19. The number of nitrogens with zero attached hydrogens (tertiary/aromatic N) is 3. The van der Waals surface area contributed by atoms with E-state index < -0.39 is 0 Å². The van der Waals surface area contributed by atoms with Gasteiger partial charge in [-0.3, -0.25) is 0 Å². The minimum Gasteiger partial charge on any atom is -0.495 e. The molecule has 0 fully saturated rings. The SMILES string of the molecule is CC[C@@H](NCc1nc(N)nc(Nc2ccccc2OC)n1)c1ccccc1. The number of benzene rings is 2. The Balaban J connectivity index is 1.73. The third-order valence-electron chi connectivity index (χ3n) is 4.17. The summed E-state index contributed by atoms with van der Waals surface area (Å²) in [6.45, 7) is 2.63. The zero-order valence-corrected chi connectivity index (χ0v) is 15.5. The highest BCUT2D eigenvalue weighted by Crippen LogP contribution is 2.25. The van der Waals surface area contributed by atoms with Crippen LogP contribution in [-0.4, -0.2) is 22.1 Å². The first-order valence-corrected chi connectivity index (χ1v) is 8.88. The van der Waals surface area contributed by atoms with Crippen molar-refractivity contribution >= 4 is 17.6 Å². The van der Waals surface area contributed by atoms with Crippen LogP contribution in [0.1, 0.15) is 30.8 Å². The largest absolute Gasteiger partial charge is 0.495 e. The van der Waals surface area contributed by atoms with Crippen LogP contribution < -0.4 is 21.1 Å². The van der Waals surface area contributed by atoms with Crippen molar-refractivity contribution in [1.82, 2.24) is 20.3 Å². The van der Waals surface area contributed by atoms with Crippen molar-refractivity contribution in [2.45, 2.75) is 25.9 Å². The van der Waals surface area contributed by atoms with E-state index in [1.54, 1.807) is 7.11 Å². The van der Waals surface area contributed by atoms with Gasteiger partial charge in [-0.2, -0.15) is 15.0 Å². The van der Waals surface area contributed by atoms with Crippen LogP contribution in [0.25, 0.3) is 0 Å². The van der Waals surface area contributed by atoms with Crippen molar-refractivity contribution in [3.05, 3.63) is 66.0 Å². The molecule has 1 heterocycles. The standard InChI is InChI=1S/C20H24N6O/c1-3-15(14-9-5-4-6-10-14)22-13-18-24-19(21)26-20(25-18)23-16-11-7-8-12-17(16)27-2/h4-12,15,22H,3,13H2,1-2H3,(H3,21,23,24,25,26)/t15-/m1/s1. The van der Waals surface area contributed by atoms with Gasteiger partial charge in [-0.15, -0.1) is 0 Å². The number of methoxy groups -OCH3 is 1. The van der Waals surface area contributed by atoms with Crippen molar-refractivity contribution in [3.63, 3.8) is 0 Å². The average Bonchev–Trinajstić information content (AvgIpc) is 2.69. The number of nitrogens with two attached hydrogens (primary N) is 1. The maximum absolute atomic E-state index is 5.87. The molecule has 1 atom stereocenters. The molecule has 0 spiro atoms. The van der Waals surface area contributed by atoms with E-state index in [1.165, 1.54) is 5.56 Å². The van der Waals surface area contributed by atoms with E-state index in [9.17, 15) is 0 Å². The van der Waals surface area contributed by atoms with Gasteiger partial charge in [0.05, 0.1) is 19.3 Å². The summed E-state index contributed by atoms with van der Waals surface area (Å²) in [5, 5.41) is 6.63. The lowest BCUT2D eigenvalue weighted by molar-refractivity contribution is 0.417. The summed E-state index contributed by atoms with van der Waals surface area (Å²) < 4.78 is 5.34. The van der Waals surface area contributed by atoms with Crippen LogP contribution in [0.15, 0.2) is 54.6 Å². The summed E-state index contributed by atoms with van der Waals surface area (Å²) in [5.74, 6) is 1.84. The predicted molar refractivity (Wildman–Crippen MR) is 107 cm³/mol. The highest BCUT2D eigenvalue weighted by molar-refractivity contribution is 5.62. The number of hydrogen-bond acceptors (Lipinski definition) is 7. The van der Waals surface area contributed by atoms with Crippen LogP contribution in [0.5, 0.6) is 5.75 Å². The lowest BCUT2D eigenvalue weighted by atomic mass is 10.0. The molecule has 0 aliphatic carbocycles. The van der Waals surface area contributed by atoms with Gasteiger partial charge in [-0.25, -0.2) is 0 Å². The summed E-state index contributed by atoms with van der Waals surface area (Å²) in [5.41, 5.74) is 7.87. The first-order valence-electron chi connectivity index (χ1n) is 8.88. The van der Waals surface area contributed by atoms with Crippen molar-refractivity contribution in [2.24, 2.45) is 0 Å². The fourth-order valence-electron chi connectivity index (χ4n) is 2.84. The van der Waals surface area contributed by atoms with Crippen molar-refractivity contribution < 1.29 is 4.74 Å². The molecule has 0 saturated carbocycles. The molecule has 7 heteroatoms. The second kappa shape index (κ2) is 8.95. The fraction of sp³-hybridized carbons (Fsp3) is 0.250. The molecule has 140 valence electrons. The normalized spacial score (nSPS) is 11.8. The fourth-order valence-corrected chi connectivity index (χ4v) is 2.84. The maximum Gasteiger partial charge on any atom is 0.232 e. The van der Waals surface area contributed by atoms with Gasteiger partial charge in [0.25, 0.3) is 0 Å². The molecule has 0 amide bonds. The van der Waals surface area contributed by atoms with E-state index in [-0.39, 0.29) is 12.0 Å². The third kappa shape index (κ3) is 4.92. The second-order valence-corrected chi connectivity index (χ2v) is 6.01. The Morgan fingerprint density at radius 3 is 2.48 bits per heavy atom. The van der Waals surface area contributed by atoms with Gasteiger partial charge in [-0.1, -0.05) is 49.4 Å². The lowest BCUT2D eigenvalue weighted by Crippen LogP contribution is -2.22. The molecule has 0 bridgehead atoms. The number of nitrogen functional groups attached to an aromatic ring is 1. The Morgan fingerprint density at radius 2 is 1.74 bits per heavy atom. The Morgan fingerprint density at radius 1 is 1.00 bits per heavy atom. The van der Waals surface area contributed by atoms with Crippen molar-refractivity contribution in [3.8, 4) is 5.75 Å². The molecule has 27 heavy (non-hydrogen) atoms. The zero-order valence-electron chi connectivity index (χ0n) is 15.5. The van der Waals surface area contributed by atoms with Crippen molar-refractivity contribution in [2.75, 3.05) is 18.2 Å². The number of hydrogen-bond donors (Lipinski definition) is 3. The van der Waals surface area contributed by atoms with Crippen LogP contribution in [0.2, 0.25) is 0 Å². The molecular formula is C20H24N6O. The highest BCUT2D eigenvalue weighted by atomic mass is 16.5. The molecule has 0 radical (unpaired) electrons. The number of ether oxygens (including phenoxy) is 1. The predicted octanol–water partition coefficient (Wildman–Crippen LogP) is 3.45. The summed E-state index contributed by atoms with van der Waals surface area (Å²) >= 11 is 0. The molecule has 0 aliphatic heterocycles. The Labute approximate surface area is 159 Å². The molecule has 2 aromatic carbocycles. The van der Waals surface area contributed by atoms with Gasteiger partial charge in [0.2, 0.25) is 11.9 Å². The van der Waals surface area contributed by atoms with E-state index in [0.29, 0.717) is 24.1 Å². The van der Waals surface area contributed by atoms with Gasteiger partial charge in [0, 0.05) is 6.04 Å².